The summed E-state index contributed by atoms with van der Waals surface area (Å²) in [6.07, 6.45) is 0. The van der Waals surface area contributed by atoms with Crippen LogP contribution in [0.15, 0.2) is 23.4 Å². The zero-order valence-corrected chi connectivity index (χ0v) is 9.70. The molecule has 1 rings (SSSR count). The molecule has 98 valence electrons. The van der Waals surface area contributed by atoms with Gasteiger partial charge in [0, 0.05) is 18.7 Å². The van der Waals surface area contributed by atoms with Gasteiger partial charge in [-0.2, -0.15) is 0 Å². The summed E-state index contributed by atoms with van der Waals surface area (Å²) in [5, 5.41) is 22.1. The van der Waals surface area contributed by atoms with Crippen LogP contribution < -0.4 is 10.5 Å². The van der Waals surface area contributed by atoms with E-state index in [0.29, 0.717) is 6.61 Å². The van der Waals surface area contributed by atoms with Gasteiger partial charge in [-0.3, -0.25) is 10.1 Å². The van der Waals surface area contributed by atoms with Crippen LogP contribution in [0.25, 0.3) is 0 Å². The largest absolute Gasteiger partial charge is 0.484 e. The molecule has 0 heterocycles. The van der Waals surface area contributed by atoms with Crippen molar-refractivity contribution in [2.45, 2.75) is 0 Å². The summed E-state index contributed by atoms with van der Waals surface area (Å²) in [6.45, 7) is 0.513. The van der Waals surface area contributed by atoms with E-state index in [-0.39, 0.29) is 29.4 Å². The molecule has 0 unspecified atom stereocenters. The van der Waals surface area contributed by atoms with Crippen LogP contribution in [-0.2, 0) is 4.74 Å². The Morgan fingerprint density at radius 1 is 1.56 bits per heavy atom. The Morgan fingerprint density at radius 3 is 2.83 bits per heavy atom. The number of benzene rings is 1. The number of hydrogen-bond acceptors (Lipinski definition) is 6. The molecule has 0 aliphatic heterocycles. The number of nitrogens with zero attached hydrogens (tertiary/aromatic N) is 2. The highest BCUT2D eigenvalue weighted by molar-refractivity contribution is 5.97. The molecule has 0 bridgehead atoms. The molecule has 1 aromatic carbocycles. The number of amidine groups is 1. The molecule has 1 aromatic rings. The summed E-state index contributed by atoms with van der Waals surface area (Å²) in [5.74, 6) is -0.104. The Hall–Kier alpha value is -2.35. The van der Waals surface area contributed by atoms with Crippen LogP contribution in [-0.4, -0.2) is 36.3 Å². The molecule has 0 atom stereocenters. The van der Waals surface area contributed by atoms with Crippen LogP contribution in [0.4, 0.5) is 5.69 Å². The first-order valence-corrected chi connectivity index (χ1v) is 4.98. The Balaban J connectivity index is 3.01. The molecule has 0 radical (unpaired) electrons. The minimum atomic E-state index is -0.601. The van der Waals surface area contributed by atoms with E-state index >= 15 is 0 Å². The van der Waals surface area contributed by atoms with Gasteiger partial charge in [0.2, 0.25) is 0 Å². The van der Waals surface area contributed by atoms with Gasteiger partial charge in [-0.05, 0) is 12.1 Å². The smallest absolute Gasteiger partial charge is 0.311 e. The molecule has 8 nitrogen and oxygen atoms in total. The summed E-state index contributed by atoms with van der Waals surface area (Å²) in [7, 11) is 1.50. The first kappa shape index (κ1) is 13.7. The Labute approximate surface area is 103 Å². The standard InChI is InChI=1S/C10H13N3O5/c1-17-4-5-18-9-3-2-7(10(11)12-14)6-8(9)13(15)16/h2-3,6,14H,4-5H2,1H3,(H2,11,12). The normalized spacial score (nSPS) is 11.3. The topological polar surface area (TPSA) is 120 Å². The van der Waals surface area contributed by atoms with Gasteiger partial charge in [-0.15, -0.1) is 0 Å². The first-order valence-electron chi connectivity index (χ1n) is 4.98. The zero-order chi connectivity index (χ0) is 13.5. The van der Waals surface area contributed by atoms with Crippen LogP contribution in [0, 0.1) is 10.1 Å². The van der Waals surface area contributed by atoms with Gasteiger partial charge < -0.3 is 20.4 Å². The molecule has 0 saturated heterocycles. The highest BCUT2D eigenvalue weighted by Crippen LogP contribution is 2.27. The average molecular weight is 255 g/mol. The van der Waals surface area contributed by atoms with E-state index in [1.54, 1.807) is 0 Å². The fraction of sp³-hybridized carbons (Fsp3) is 0.300. The van der Waals surface area contributed by atoms with Crippen molar-refractivity contribution in [3.8, 4) is 5.75 Å². The molecular formula is C10H13N3O5. The summed E-state index contributed by atoms with van der Waals surface area (Å²) < 4.78 is 9.97. The van der Waals surface area contributed by atoms with Gasteiger partial charge in [-0.1, -0.05) is 5.16 Å². The lowest BCUT2D eigenvalue weighted by Crippen LogP contribution is -2.13. The maximum atomic E-state index is 10.9. The number of nitrogens with two attached hydrogens (primary N) is 1. The van der Waals surface area contributed by atoms with E-state index in [1.165, 1.54) is 25.3 Å². The third-order valence-electron chi connectivity index (χ3n) is 2.10. The SMILES string of the molecule is COCCOc1ccc(C(N)=NO)cc1[N+](=O)[O-]. The average Bonchev–Trinajstić information content (AvgIpc) is 2.38. The van der Waals surface area contributed by atoms with E-state index < -0.39 is 4.92 Å². The Bertz CT molecular complexity index is 461. The van der Waals surface area contributed by atoms with Crippen molar-refractivity contribution in [3.05, 3.63) is 33.9 Å². The summed E-state index contributed by atoms with van der Waals surface area (Å²) in [6, 6.07) is 4.03. The van der Waals surface area contributed by atoms with Crippen molar-refractivity contribution in [3.63, 3.8) is 0 Å². The number of oxime groups is 1. The zero-order valence-electron chi connectivity index (χ0n) is 9.70. The van der Waals surface area contributed by atoms with Crippen molar-refractivity contribution in [2.24, 2.45) is 10.9 Å². The monoisotopic (exact) mass is 255 g/mol. The van der Waals surface area contributed by atoms with Gasteiger partial charge in [-0.25, -0.2) is 0 Å². The van der Waals surface area contributed by atoms with Crippen LogP contribution in [0.3, 0.4) is 0 Å². The van der Waals surface area contributed by atoms with Gasteiger partial charge in [0.25, 0.3) is 0 Å². The highest BCUT2D eigenvalue weighted by Gasteiger charge is 2.17. The van der Waals surface area contributed by atoms with Gasteiger partial charge in [0.15, 0.2) is 11.6 Å². The molecule has 0 aliphatic rings. The molecular weight excluding hydrogens is 242 g/mol. The van der Waals surface area contributed by atoms with Gasteiger partial charge >= 0.3 is 5.69 Å². The van der Waals surface area contributed by atoms with Crippen molar-refractivity contribution >= 4 is 11.5 Å². The summed E-state index contributed by atoms with van der Waals surface area (Å²) >= 11 is 0. The quantitative estimate of drug-likeness (QED) is 0.193. The second-order valence-electron chi connectivity index (χ2n) is 3.27. The third kappa shape index (κ3) is 3.32. The Kier molecular flexibility index (Phi) is 4.88. The minimum Gasteiger partial charge on any atom is -0.484 e. The van der Waals surface area contributed by atoms with Crippen molar-refractivity contribution < 1.29 is 19.6 Å². The molecule has 0 fully saturated rings. The fourth-order valence-corrected chi connectivity index (χ4v) is 1.23. The third-order valence-corrected chi connectivity index (χ3v) is 2.10. The number of ether oxygens (including phenoxy) is 2. The summed E-state index contributed by atoms with van der Waals surface area (Å²) in [5.41, 5.74) is 5.34. The maximum Gasteiger partial charge on any atom is 0.311 e. The van der Waals surface area contributed by atoms with E-state index in [1.807, 2.05) is 0 Å². The maximum absolute atomic E-state index is 10.9. The van der Waals surface area contributed by atoms with Crippen molar-refractivity contribution in [1.82, 2.24) is 0 Å². The lowest BCUT2D eigenvalue weighted by Gasteiger charge is -2.07. The molecule has 0 spiro atoms. The predicted molar refractivity (Wildman–Crippen MR) is 63.0 cm³/mol. The van der Waals surface area contributed by atoms with Crippen molar-refractivity contribution in [2.75, 3.05) is 20.3 Å². The lowest BCUT2D eigenvalue weighted by atomic mass is 10.1. The molecule has 8 heteroatoms. The summed E-state index contributed by atoms with van der Waals surface area (Å²) in [4.78, 5) is 10.3. The molecule has 18 heavy (non-hydrogen) atoms. The van der Waals surface area contributed by atoms with Crippen LogP contribution in [0.5, 0.6) is 5.75 Å². The molecule has 0 aliphatic carbocycles. The lowest BCUT2D eigenvalue weighted by molar-refractivity contribution is -0.385. The van der Waals surface area contributed by atoms with E-state index in [2.05, 4.69) is 5.16 Å². The molecule has 0 amide bonds. The molecule has 0 aromatic heterocycles. The van der Waals surface area contributed by atoms with Gasteiger partial charge in [0.1, 0.15) is 6.61 Å². The van der Waals surface area contributed by atoms with E-state index in [0.717, 1.165) is 0 Å². The minimum absolute atomic E-state index is 0.103. The molecule has 3 N–H and O–H groups in total. The van der Waals surface area contributed by atoms with Crippen LogP contribution in [0.1, 0.15) is 5.56 Å². The fourth-order valence-electron chi connectivity index (χ4n) is 1.23. The van der Waals surface area contributed by atoms with E-state index in [9.17, 15) is 10.1 Å². The number of methoxy groups -OCH3 is 1. The molecule has 0 saturated carbocycles. The van der Waals surface area contributed by atoms with Crippen LogP contribution in [0.2, 0.25) is 0 Å². The van der Waals surface area contributed by atoms with E-state index in [4.69, 9.17) is 20.4 Å². The Morgan fingerprint density at radius 2 is 2.28 bits per heavy atom. The number of nitro benzene ring substituents is 1. The number of rotatable bonds is 6. The van der Waals surface area contributed by atoms with Crippen LogP contribution >= 0.6 is 0 Å². The number of nitro groups is 1. The highest BCUT2D eigenvalue weighted by atomic mass is 16.6. The predicted octanol–water partition coefficient (Wildman–Crippen LogP) is 0.715. The first-order chi connectivity index (χ1) is 8.60. The van der Waals surface area contributed by atoms with Gasteiger partial charge in [0.05, 0.1) is 11.5 Å². The second-order valence-corrected chi connectivity index (χ2v) is 3.27. The number of hydrogen-bond donors (Lipinski definition) is 2. The second kappa shape index (κ2) is 6.40. The van der Waals surface area contributed by atoms with Crippen molar-refractivity contribution in [1.29, 1.82) is 0 Å².